The van der Waals surface area contributed by atoms with Crippen LogP contribution in [0.1, 0.15) is 37.8 Å². The number of aryl methyl sites for hydroxylation is 2. The van der Waals surface area contributed by atoms with Gasteiger partial charge in [0.15, 0.2) is 0 Å². The minimum atomic E-state index is -3.75. The quantitative estimate of drug-likeness (QED) is 0.583. The number of hydrogen-bond acceptors (Lipinski definition) is 5. The van der Waals surface area contributed by atoms with Gasteiger partial charge in [0, 0.05) is 39.1 Å². The lowest BCUT2D eigenvalue weighted by atomic mass is 9.91. The van der Waals surface area contributed by atoms with Crippen molar-refractivity contribution in [2.45, 2.75) is 45.4 Å². The van der Waals surface area contributed by atoms with Crippen molar-refractivity contribution in [3.8, 4) is 0 Å². The molecule has 1 aliphatic rings. The lowest BCUT2D eigenvalue weighted by Crippen LogP contribution is -2.48. The molecule has 0 aromatic heterocycles. The lowest BCUT2D eigenvalue weighted by molar-refractivity contribution is -0.135. The van der Waals surface area contributed by atoms with Gasteiger partial charge in [-0.2, -0.15) is 4.31 Å². The second-order valence-corrected chi connectivity index (χ2v) is 12.3. The number of hydrogen-bond donors (Lipinski definition) is 1. The van der Waals surface area contributed by atoms with Crippen LogP contribution in [0.5, 0.6) is 0 Å². The number of carbonyl (C=O) groups is 2. The third-order valence-electron chi connectivity index (χ3n) is 6.25. The summed E-state index contributed by atoms with van der Waals surface area (Å²) in [5.41, 5.74) is 1.88. The number of nitrogens with zero attached hydrogens (tertiary/aromatic N) is 3. The van der Waals surface area contributed by atoms with Crippen LogP contribution in [0.2, 0.25) is 0 Å². The zero-order valence-electron chi connectivity index (χ0n) is 21.1. The first-order valence-corrected chi connectivity index (χ1v) is 12.9. The summed E-state index contributed by atoms with van der Waals surface area (Å²) in [6, 6.07) is 4.98. The van der Waals surface area contributed by atoms with E-state index in [1.807, 2.05) is 27.9 Å². The highest BCUT2D eigenvalue weighted by Crippen LogP contribution is 2.21. The maximum absolute atomic E-state index is 12.9. The Hall–Kier alpha value is -1.97. The molecule has 1 heterocycles. The van der Waals surface area contributed by atoms with Crippen molar-refractivity contribution in [1.82, 2.24) is 19.4 Å². The van der Waals surface area contributed by atoms with E-state index in [1.54, 1.807) is 23.1 Å². The van der Waals surface area contributed by atoms with Gasteiger partial charge in [-0.05, 0) is 69.5 Å². The van der Waals surface area contributed by atoms with Crippen LogP contribution in [0.3, 0.4) is 0 Å². The van der Waals surface area contributed by atoms with Crippen molar-refractivity contribution in [3.63, 3.8) is 0 Å². The Morgan fingerprint density at radius 2 is 1.70 bits per heavy atom. The van der Waals surface area contributed by atoms with E-state index in [1.165, 1.54) is 7.05 Å². The maximum atomic E-state index is 12.9. The van der Waals surface area contributed by atoms with Gasteiger partial charge in [-0.25, -0.2) is 8.42 Å². The van der Waals surface area contributed by atoms with Gasteiger partial charge in [0.05, 0.1) is 11.4 Å². The molecule has 186 valence electrons. The number of likely N-dealkylation sites (tertiary alicyclic amines) is 1. The number of nitrogens with one attached hydrogen (secondary N) is 1. The predicted molar refractivity (Wildman–Crippen MR) is 130 cm³/mol. The van der Waals surface area contributed by atoms with Crippen LogP contribution < -0.4 is 5.32 Å². The van der Waals surface area contributed by atoms with Gasteiger partial charge < -0.3 is 15.1 Å². The Balaban J connectivity index is 1.87. The number of likely N-dealkylation sites (N-methyl/N-ethyl adjacent to an activating group) is 1. The van der Waals surface area contributed by atoms with Gasteiger partial charge in [-0.15, -0.1) is 0 Å². The van der Waals surface area contributed by atoms with E-state index < -0.39 is 10.0 Å². The van der Waals surface area contributed by atoms with E-state index in [0.717, 1.165) is 22.0 Å². The summed E-state index contributed by atoms with van der Waals surface area (Å²) in [5, 5.41) is 3.06. The van der Waals surface area contributed by atoms with Gasteiger partial charge in [0.25, 0.3) is 0 Å². The van der Waals surface area contributed by atoms with Gasteiger partial charge in [0.1, 0.15) is 0 Å². The van der Waals surface area contributed by atoms with E-state index in [0.29, 0.717) is 32.5 Å². The lowest BCUT2D eigenvalue weighted by Gasteiger charge is -2.33. The highest BCUT2D eigenvalue weighted by molar-refractivity contribution is 7.89. The summed E-state index contributed by atoms with van der Waals surface area (Å²) < 4.78 is 26.9. The molecule has 0 aliphatic carbocycles. The second-order valence-electron chi connectivity index (χ2n) is 10.3. The topological polar surface area (TPSA) is 90.0 Å². The number of sulfonamides is 1. The monoisotopic (exact) mass is 480 g/mol. The van der Waals surface area contributed by atoms with Crippen LogP contribution in [0.25, 0.3) is 0 Å². The Bertz CT molecular complexity index is 951. The number of piperidine rings is 1. The first kappa shape index (κ1) is 27.3. The third-order valence-corrected chi connectivity index (χ3v) is 8.05. The fourth-order valence-corrected chi connectivity index (χ4v) is 5.41. The minimum Gasteiger partial charge on any atom is -0.355 e. The van der Waals surface area contributed by atoms with E-state index in [2.05, 4.69) is 24.1 Å². The smallest absolute Gasteiger partial charge is 0.243 e. The molecule has 9 heteroatoms. The molecule has 33 heavy (non-hydrogen) atoms. The van der Waals surface area contributed by atoms with Crippen LogP contribution >= 0.6 is 0 Å². The molecular weight excluding hydrogens is 440 g/mol. The van der Waals surface area contributed by atoms with Gasteiger partial charge in [-0.1, -0.05) is 19.9 Å². The molecule has 1 fully saturated rings. The first-order chi connectivity index (χ1) is 15.2. The third kappa shape index (κ3) is 7.52. The molecule has 0 spiro atoms. The average Bonchev–Trinajstić information content (AvgIpc) is 2.73. The molecule has 0 radical (unpaired) electrons. The largest absolute Gasteiger partial charge is 0.355 e. The van der Waals surface area contributed by atoms with E-state index in [9.17, 15) is 18.0 Å². The maximum Gasteiger partial charge on any atom is 0.243 e. The fourth-order valence-electron chi connectivity index (χ4n) is 4.20. The summed E-state index contributed by atoms with van der Waals surface area (Å²) in [5.74, 6) is -0.333. The van der Waals surface area contributed by atoms with Crippen LogP contribution in [-0.4, -0.2) is 88.2 Å². The zero-order chi connectivity index (χ0) is 25.0. The number of rotatable bonds is 9. The van der Waals surface area contributed by atoms with E-state index >= 15 is 0 Å². The first-order valence-electron chi connectivity index (χ1n) is 11.5. The summed E-state index contributed by atoms with van der Waals surface area (Å²) in [7, 11) is 1.71. The van der Waals surface area contributed by atoms with E-state index in [-0.39, 0.29) is 34.6 Å². The average molecular weight is 481 g/mol. The molecule has 8 nitrogen and oxygen atoms in total. The van der Waals surface area contributed by atoms with Gasteiger partial charge in [0.2, 0.25) is 21.8 Å². The molecule has 1 aromatic carbocycles. The van der Waals surface area contributed by atoms with Crippen LogP contribution in [-0.2, 0) is 19.6 Å². The molecule has 1 aliphatic heterocycles. The van der Waals surface area contributed by atoms with Crippen molar-refractivity contribution in [2.24, 2.45) is 11.3 Å². The molecule has 0 saturated carbocycles. The standard InChI is InChI=1S/C24H40N4O4S/c1-18-8-9-21(14-19(18)2)33(31,32)27(7)15-22(29)28-12-10-20(11-13-28)23(30)25-16-24(3,4)17-26(5)6/h8-9,14,20H,10-13,15-17H2,1-7H3,(H,25,30). The Kier molecular flexibility index (Phi) is 9.07. The summed E-state index contributed by atoms with van der Waals surface area (Å²) in [6.45, 7) is 10.2. The minimum absolute atomic E-state index is 0.0259. The summed E-state index contributed by atoms with van der Waals surface area (Å²) >= 11 is 0. The number of amides is 2. The molecular formula is C24H40N4O4S. The fraction of sp³-hybridized carbons (Fsp3) is 0.667. The Morgan fingerprint density at radius 1 is 1.09 bits per heavy atom. The summed E-state index contributed by atoms with van der Waals surface area (Å²) in [6.07, 6.45) is 1.17. The van der Waals surface area contributed by atoms with Crippen molar-refractivity contribution >= 4 is 21.8 Å². The summed E-state index contributed by atoms with van der Waals surface area (Å²) in [4.78, 5) is 29.3. The molecule has 2 amide bonds. The molecule has 0 atom stereocenters. The number of carbonyl (C=O) groups excluding carboxylic acids is 2. The normalized spacial score (nSPS) is 15.8. The second kappa shape index (κ2) is 11.0. The van der Waals surface area contributed by atoms with Gasteiger partial charge >= 0.3 is 0 Å². The Labute approximate surface area is 199 Å². The predicted octanol–water partition coefficient (Wildman–Crippen LogP) is 1.87. The highest BCUT2D eigenvalue weighted by Gasteiger charge is 2.31. The molecule has 2 rings (SSSR count). The molecule has 0 bridgehead atoms. The van der Waals surface area contributed by atoms with Crippen molar-refractivity contribution in [3.05, 3.63) is 29.3 Å². The van der Waals surface area contributed by atoms with Crippen LogP contribution in [0.15, 0.2) is 23.1 Å². The molecule has 1 saturated heterocycles. The molecule has 0 unspecified atom stereocenters. The highest BCUT2D eigenvalue weighted by atomic mass is 32.2. The SMILES string of the molecule is Cc1ccc(S(=O)(=O)N(C)CC(=O)N2CCC(C(=O)NCC(C)(C)CN(C)C)CC2)cc1C. The number of benzene rings is 1. The van der Waals surface area contributed by atoms with Crippen molar-refractivity contribution in [1.29, 1.82) is 0 Å². The van der Waals surface area contributed by atoms with Crippen LogP contribution in [0.4, 0.5) is 0 Å². The van der Waals surface area contributed by atoms with Crippen LogP contribution in [0, 0.1) is 25.2 Å². The van der Waals surface area contributed by atoms with E-state index in [4.69, 9.17) is 0 Å². The van der Waals surface area contributed by atoms with Crippen molar-refractivity contribution in [2.75, 3.05) is 53.9 Å². The van der Waals surface area contributed by atoms with Crippen molar-refractivity contribution < 1.29 is 18.0 Å². The van der Waals surface area contributed by atoms with Gasteiger partial charge in [-0.3, -0.25) is 9.59 Å². The Morgan fingerprint density at radius 3 is 2.24 bits per heavy atom. The zero-order valence-corrected chi connectivity index (χ0v) is 22.0. The molecule has 1 aromatic rings. The molecule has 1 N–H and O–H groups in total.